The molecular formula is C11H19N3O3. The van der Waals surface area contributed by atoms with Gasteiger partial charge >= 0.3 is 5.97 Å². The molecule has 17 heavy (non-hydrogen) atoms. The Morgan fingerprint density at radius 1 is 1.41 bits per heavy atom. The zero-order valence-electron chi connectivity index (χ0n) is 10.9. The van der Waals surface area contributed by atoms with Gasteiger partial charge in [0.1, 0.15) is 0 Å². The van der Waals surface area contributed by atoms with E-state index in [1.165, 1.54) is 0 Å². The van der Waals surface area contributed by atoms with Gasteiger partial charge in [0.05, 0.1) is 12.0 Å². The van der Waals surface area contributed by atoms with Gasteiger partial charge in [-0.25, -0.2) is 0 Å². The second kappa shape index (κ2) is 4.44. The Balaban J connectivity index is 2.70. The molecule has 0 fully saturated rings. The molecule has 0 radical (unpaired) electrons. The smallest absolute Gasteiger partial charge is 0.310 e. The summed E-state index contributed by atoms with van der Waals surface area (Å²) >= 11 is 0. The van der Waals surface area contributed by atoms with Crippen molar-refractivity contribution in [3.8, 4) is 0 Å². The fourth-order valence-electron chi connectivity index (χ4n) is 1.20. The van der Waals surface area contributed by atoms with E-state index in [-0.39, 0.29) is 0 Å². The van der Waals surface area contributed by atoms with Crippen molar-refractivity contribution in [2.24, 2.45) is 5.41 Å². The van der Waals surface area contributed by atoms with Gasteiger partial charge in [0, 0.05) is 5.54 Å². The number of aromatic nitrogens is 2. The maximum Gasteiger partial charge on any atom is 0.310 e. The van der Waals surface area contributed by atoms with E-state index in [1.54, 1.807) is 20.8 Å². The molecule has 0 saturated heterocycles. The minimum atomic E-state index is -0.901. The molecule has 0 aliphatic heterocycles. The van der Waals surface area contributed by atoms with Crippen LogP contribution in [0.4, 0.5) is 0 Å². The number of carboxylic acids is 1. The molecule has 0 unspecified atom stereocenters. The minimum Gasteiger partial charge on any atom is -0.481 e. The summed E-state index contributed by atoms with van der Waals surface area (Å²) in [4.78, 5) is 15.2. The Kier molecular flexibility index (Phi) is 3.56. The van der Waals surface area contributed by atoms with Gasteiger partial charge in [-0.1, -0.05) is 5.16 Å². The average molecular weight is 241 g/mol. The molecular weight excluding hydrogens is 222 g/mol. The summed E-state index contributed by atoms with van der Waals surface area (Å²) in [6, 6.07) is 0. The Hall–Kier alpha value is -1.43. The maximum absolute atomic E-state index is 11.2. The van der Waals surface area contributed by atoms with Crippen molar-refractivity contribution in [3.05, 3.63) is 11.7 Å². The summed E-state index contributed by atoms with van der Waals surface area (Å²) in [6.07, 6.45) is 0. The Morgan fingerprint density at radius 2 is 2.00 bits per heavy atom. The van der Waals surface area contributed by atoms with Gasteiger partial charge in [-0.2, -0.15) is 4.98 Å². The number of nitrogens with zero attached hydrogens (tertiary/aromatic N) is 2. The van der Waals surface area contributed by atoms with Crippen LogP contribution in [0, 0.1) is 12.3 Å². The number of nitrogens with one attached hydrogen (secondary N) is 1. The van der Waals surface area contributed by atoms with Crippen LogP contribution in [-0.2, 0) is 11.3 Å². The van der Waals surface area contributed by atoms with Crippen LogP contribution >= 0.6 is 0 Å². The van der Waals surface area contributed by atoms with Crippen LogP contribution in [0.25, 0.3) is 0 Å². The van der Waals surface area contributed by atoms with Crippen molar-refractivity contribution in [3.63, 3.8) is 0 Å². The summed E-state index contributed by atoms with van der Waals surface area (Å²) < 4.78 is 4.96. The Bertz CT molecular complexity index is 410. The molecule has 0 aromatic carbocycles. The molecule has 6 nitrogen and oxygen atoms in total. The molecule has 2 N–H and O–H groups in total. The number of carboxylic acid groups (broad SMARTS) is 1. The van der Waals surface area contributed by atoms with Crippen LogP contribution in [0.2, 0.25) is 0 Å². The van der Waals surface area contributed by atoms with Crippen LogP contribution in [-0.4, -0.2) is 26.8 Å². The number of hydrogen-bond donors (Lipinski definition) is 2. The van der Waals surface area contributed by atoms with Crippen molar-refractivity contribution in [1.29, 1.82) is 0 Å². The predicted molar refractivity (Wildman–Crippen MR) is 61.4 cm³/mol. The second-order valence-corrected chi connectivity index (χ2v) is 5.14. The van der Waals surface area contributed by atoms with E-state index >= 15 is 0 Å². The van der Waals surface area contributed by atoms with Crippen molar-refractivity contribution < 1.29 is 14.4 Å². The van der Waals surface area contributed by atoms with E-state index in [0.29, 0.717) is 18.3 Å². The number of carbonyl (C=O) groups is 1. The largest absolute Gasteiger partial charge is 0.481 e. The normalized spacial score (nSPS) is 12.8. The van der Waals surface area contributed by atoms with E-state index in [0.717, 1.165) is 0 Å². The monoisotopic (exact) mass is 241 g/mol. The first kappa shape index (κ1) is 13.6. The SMILES string of the molecule is Cc1noc(CNC(C)(C)C(C)(C)C(=O)O)n1. The summed E-state index contributed by atoms with van der Waals surface area (Å²) in [5, 5.41) is 16.0. The lowest BCUT2D eigenvalue weighted by Crippen LogP contribution is -2.54. The van der Waals surface area contributed by atoms with E-state index in [9.17, 15) is 9.90 Å². The van der Waals surface area contributed by atoms with Gasteiger partial charge in [-0.15, -0.1) is 0 Å². The summed E-state index contributed by atoms with van der Waals surface area (Å²) in [6.45, 7) is 9.13. The van der Waals surface area contributed by atoms with E-state index in [1.807, 2.05) is 13.8 Å². The molecule has 1 heterocycles. The molecule has 0 saturated carbocycles. The number of hydrogen-bond acceptors (Lipinski definition) is 5. The van der Waals surface area contributed by atoms with E-state index in [2.05, 4.69) is 15.5 Å². The molecule has 0 spiro atoms. The number of aliphatic carboxylic acids is 1. The Labute approximate surface area is 100 Å². The fourth-order valence-corrected chi connectivity index (χ4v) is 1.20. The molecule has 6 heteroatoms. The molecule has 1 aromatic rings. The molecule has 0 atom stereocenters. The van der Waals surface area contributed by atoms with Crippen LogP contribution in [0.1, 0.15) is 39.4 Å². The third-order valence-electron chi connectivity index (χ3n) is 3.35. The highest BCUT2D eigenvalue weighted by molar-refractivity contribution is 5.75. The van der Waals surface area contributed by atoms with Gasteiger partial charge in [-0.3, -0.25) is 4.79 Å². The second-order valence-electron chi connectivity index (χ2n) is 5.14. The lowest BCUT2D eigenvalue weighted by molar-refractivity contribution is -0.151. The first-order valence-corrected chi connectivity index (χ1v) is 5.44. The van der Waals surface area contributed by atoms with Gasteiger partial charge in [0.15, 0.2) is 5.82 Å². The predicted octanol–water partition coefficient (Wildman–Crippen LogP) is 1.36. The maximum atomic E-state index is 11.2. The van der Waals surface area contributed by atoms with Crippen molar-refractivity contribution in [2.45, 2.75) is 46.7 Å². The van der Waals surface area contributed by atoms with Crippen LogP contribution in [0.15, 0.2) is 4.52 Å². The molecule has 1 rings (SSSR count). The zero-order valence-corrected chi connectivity index (χ0v) is 10.9. The zero-order chi connectivity index (χ0) is 13.3. The fraction of sp³-hybridized carbons (Fsp3) is 0.727. The Morgan fingerprint density at radius 3 is 2.41 bits per heavy atom. The molecule has 0 amide bonds. The van der Waals surface area contributed by atoms with Crippen molar-refractivity contribution in [2.75, 3.05) is 0 Å². The van der Waals surface area contributed by atoms with Crippen molar-refractivity contribution in [1.82, 2.24) is 15.5 Å². The highest BCUT2D eigenvalue weighted by Gasteiger charge is 2.43. The molecule has 96 valence electrons. The van der Waals surface area contributed by atoms with E-state index in [4.69, 9.17) is 4.52 Å². The third-order valence-corrected chi connectivity index (χ3v) is 3.35. The van der Waals surface area contributed by atoms with Gasteiger partial charge < -0.3 is 14.9 Å². The van der Waals surface area contributed by atoms with Gasteiger partial charge in [0.2, 0.25) is 5.89 Å². The highest BCUT2D eigenvalue weighted by Crippen LogP contribution is 2.30. The molecule has 0 aliphatic rings. The lowest BCUT2D eigenvalue weighted by Gasteiger charge is -2.38. The van der Waals surface area contributed by atoms with Crippen LogP contribution in [0.3, 0.4) is 0 Å². The van der Waals surface area contributed by atoms with Gasteiger partial charge in [-0.05, 0) is 34.6 Å². The lowest BCUT2D eigenvalue weighted by atomic mass is 9.74. The number of rotatable bonds is 5. The topological polar surface area (TPSA) is 88.2 Å². The summed E-state index contributed by atoms with van der Waals surface area (Å²) in [5.41, 5.74) is -1.50. The summed E-state index contributed by atoms with van der Waals surface area (Å²) in [7, 11) is 0. The minimum absolute atomic E-state index is 0.352. The first-order valence-electron chi connectivity index (χ1n) is 5.44. The highest BCUT2D eigenvalue weighted by atomic mass is 16.5. The van der Waals surface area contributed by atoms with Crippen LogP contribution < -0.4 is 5.32 Å². The quantitative estimate of drug-likeness (QED) is 0.809. The molecule has 0 bridgehead atoms. The van der Waals surface area contributed by atoms with E-state index < -0.39 is 16.9 Å². The van der Waals surface area contributed by atoms with Crippen LogP contribution in [0.5, 0.6) is 0 Å². The first-order chi connectivity index (χ1) is 7.67. The third kappa shape index (κ3) is 2.82. The molecule has 1 aromatic heterocycles. The standard InChI is InChI=1S/C11H19N3O3/c1-7-13-8(17-14-7)6-12-11(4,5)10(2,3)9(15)16/h12H,6H2,1-5H3,(H,15,16). The number of aryl methyl sites for hydroxylation is 1. The van der Waals surface area contributed by atoms with Crippen molar-refractivity contribution >= 4 is 5.97 Å². The molecule has 0 aliphatic carbocycles. The van der Waals surface area contributed by atoms with Gasteiger partial charge in [0.25, 0.3) is 0 Å². The average Bonchev–Trinajstić information content (AvgIpc) is 2.61. The summed E-state index contributed by atoms with van der Waals surface area (Å²) in [5.74, 6) is 0.172.